The number of aliphatic hydroxyl groups is 1. The number of aliphatic hydroxyl groups excluding tert-OH is 1. The average Bonchev–Trinajstić information content (AvgIpc) is 2.67. The maximum Gasteiger partial charge on any atom is 0.252 e. The Kier molecular flexibility index (Phi) is 5.49. The van der Waals surface area contributed by atoms with E-state index in [1.54, 1.807) is 4.90 Å². The molecule has 0 heterocycles. The van der Waals surface area contributed by atoms with E-state index < -0.39 is 6.61 Å². The first-order valence-electron chi connectivity index (χ1n) is 7.98. The van der Waals surface area contributed by atoms with Crippen molar-refractivity contribution < 1.29 is 9.90 Å². The summed E-state index contributed by atoms with van der Waals surface area (Å²) in [5, 5.41) is 9.97. The van der Waals surface area contributed by atoms with Gasteiger partial charge < -0.3 is 10.0 Å². The number of anilines is 1. The van der Waals surface area contributed by atoms with E-state index in [4.69, 9.17) is 11.6 Å². The Morgan fingerprint density at radius 2 is 1.40 bits per heavy atom. The van der Waals surface area contributed by atoms with Gasteiger partial charge in [0.25, 0.3) is 5.91 Å². The summed E-state index contributed by atoms with van der Waals surface area (Å²) >= 11 is 5.93. The lowest BCUT2D eigenvalue weighted by molar-refractivity contribution is -0.121. The maximum atomic E-state index is 12.1. The molecule has 3 aromatic carbocycles. The Labute approximate surface area is 152 Å². The van der Waals surface area contributed by atoms with Gasteiger partial charge in [0.2, 0.25) is 0 Å². The molecule has 0 fully saturated rings. The van der Waals surface area contributed by atoms with Crippen molar-refractivity contribution in [2.75, 3.05) is 11.5 Å². The van der Waals surface area contributed by atoms with Gasteiger partial charge in [0.1, 0.15) is 6.61 Å². The molecular formula is C21H18ClNO2. The number of hydrogen-bond donors (Lipinski definition) is 1. The van der Waals surface area contributed by atoms with Crippen LogP contribution in [0.2, 0.25) is 5.02 Å². The van der Waals surface area contributed by atoms with Crippen LogP contribution >= 0.6 is 11.6 Å². The quantitative estimate of drug-likeness (QED) is 0.733. The molecule has 3 rings (SSSR count). The van der Waals surface area contributed by atoms with Gasteiger partial charge in [-0.05, 0) is 41.0 Å². The van der Waals surface area contributed by atoms with E-state index >= 15 is 0 Å². The van der Waals surface area contributed by atoms with Gasteiger partial charge in [-0.25, -0.2) is 0 Å². The van der Waals surface area contributed by atoms with Gasteiger partial charge in [0.15, 0.2) is 0 Å². The van der Waals surface area contributed by atoms with E-state index in [2.05, 4.69) is 0 Å². The van der Waals surface area contributed by atoms with E-state index in [0.29, 0.717) is 11.6 Å². The highest BCUT2D eigenvalue weighted by Gasteiger charge is 2.15. The first kappa shape index (κ1) is 17.2. The van der Waals surface area contributed by atoms with Crippen molar-refractivity contribution in [2.45, 2.75) is 6.54 Å². The molecule has 3 aromatic rings. The standard InChI is InChI=1S/C21H18ClNO2/c22-19-12-10-18(11-13-19)17-8-6-16(7-9-17)14-23(21(25)15-24)20-4-2-1-3-5-20/h1-13,24H,14-15H2. The molecule has 126 valence electrons. The summed E-state index contributed by atoms with van der Waals surface area (Å²) in [5.41, 5.74) is 3.93. The normalized spacial score (nSPS) is 10.5. The highest BCUT2D eigenvalue weighted by molar-refractivity contribution is 6.30. The Morgan fingerprint density at radius 3 is 1.96 bits per heavy atom. The fraction of sp³-hybridized carbons (Fsp3) is 0.0952. The van der Waals surface area contributed by atoms with Crippen molar-refractivity contribution in [3.63, 3.8) is 0 Å². The summed E-state index contributed by atoms with van der Waals surface area (Å²) in [5.74, 6) is -0.326. The molecule has 0 spiro atoms. The third-order valence-corrected chi connectivity index (χ3v) is 4.23. The summed E-state index contributed by atoms with van der Waals surface area (Å²) in [7, 11) is 0. The van der Waals surface area contributed by atoms with Crippen LogP contribution in [0.15, 0.2) is 78.9 Å². The van der Waals surface area contributed by atoms with Crippen molar-refractivity contribution >= 4 is 23.2 Å². The minimum Gasteiger partial charge on any atom is -0.387 e. The largest absolute Gasteiger partial charge is 0.387 e. The molecule has 0 saturated carbocycles. The van der Waals surface area contributed by atoms with E-state index in [1.165, 1.54) is 0 Å². The Morgan fingerprint density at radius 1 is 0.840 bits per heavy atom. The van der Waals surface area contributed by atoms with Crippen molar-refractivity contribution in [1.29, 1.82) is 0 Å². The average molecular weight is 352 g/mol. The van der Waals surface area contributed by atoms with Crippen LogP contribution in [0.1, 0.15) is 5.56 Å². The van der Waals surface area contributed by atoms with Gasteiger partial charge in [-0.2, -0.15) is 0 Å². The van der Waals surface area contributed by atoms with Crippen LogP contribution in [0, 0.1) is 0 Å². The van der Waals surface area contributed by atoms with Gasteiger partial charge >= 0.3 is 0 Å². The third-order valence-electron chi connectivity index (χ3n) is 3.98. The second kappa shape index (κ2) is 7.97. The van der Waals surface area contributed by atoms with Crippen LogP contribution < -0.4 is 4.90 Å². The minimum atomic E-state index is -0.516. The maximum absolute atomic E-state index is 12.1. The van der Waals surface area contributed by atoms with Crippen LogP contribution in [0.25, 0.3) is 11.1 Å². The number of hydrogen-bond acceptors (Lipinski definition) is 2. The van der Waals surface area contributed by atoms with Gasteiger partial charge in [0.05, 0.1) is 6.54 Å². The molecule has 0 atom stereocenters. The fourth-order valence-corrected chi connectivity index (χ4v) is 2.77. The summed E-state index contributed by atoms with van der Waals surface area (Å²) in [6, 6.07) is 25.0. The number of amides is 1. The second-order valence-electron chi connectivity index (χ2n) is 5.68. The smallest absolute Gasteiger partial charge is 0.252 e. The Bertz CT molecular complexity index is 830. The van der Waals surface area contributed by atoms with Gasteiger partial charge in [-0.15, -0.1) is 0 Å². The molecule has 0 aliphatic rings. The van der Waals surface area contributed by atoms with E-state index in [9.17, 15) is 9.90 Å². The fourth-order valence-electron chi connectivity index (χ4n) is 2.64. The SMILES string of the molecule is O=C(CO)N(Cc1ccc(-c2ccc(Cl)cc2)cc1)c1ccccc1. The number of para-hydroxylation sites is 1. The molecule has 0 aromatic heterocycles. The van der Waals surface area contributed by atoms with Crippen molar-refractivity contribution in [1.82, 2.24) is 0 Å². The molecule has 25 heavy (non-hydrogen) atoms. The van der Waals surface area contributed by atoms with Crippen LogP contribution in [0.5, 0.6) is 0 Å². The summed E-state index contributed by atoms with van der Waals surface area (Å²) < 4.78 is 0. The van der Waals surface area contributed by atoms with Gasteiger partial charge in [-0.3, -0.25) is 4.79 Å². The molecule has 4 heteroatoms. The molecule has 0 radical (unpaired) electrons. The molecular weight excluding hydrogens is 334 g/mol. The third kappa shape index (κ3) is 4.27. The number of nitrogens with zero attached hydrogens (tertiary/aromatic N) is 1. The van der Waals surface area contributed by atoms with E-state index in [0.717, 1.165) is 22.4 Å². The molecule has 0 aliphatic heterocycles. The number of carbonyl (C=O) groups excluding carboxylic acids is 1. The summed E-state index contributed by atoms with van der Waals surface area (Å²) in [6.07, 6.45) is 0. The number of halogens is 1. The molecule has 0 bridgehead atoms. The molecule has 1 amide bonds. The van der Waals surface area contributed by atoms with Crippen molar-refractivity contribution in [2.24, 2.45) is 0 Å². The highest BCUT2D eigenvalue weighted by Crippen LogP contribution is 2.23. The number of rotatable bonds is 5. The van der Waals surface area contributed by atoms with E-state index in [1.807, 2.05) is 78.9 Å². The van der Waals surface area contributed by atoms with Gasteiger partial charge in [0, 0.05) is 10.7 Å². The zero-order chi connectivity index (χ0) is 17.6. The van der Waals surface area contributed by atoms with Crippen LogP contribution in [-0.2, 0) is 11.3 Å². The zero-order valence-corrected chi connectivity index (χ0v) is 14.4. The lowest BCUT2D eigenvalue weighted by atomic mass is 10.0. The molecule has 0 saturated heterocycles. The highest BCUT2D eigenvalue weighted by atomic mass is 35.5. The Balaban J connectivity index is 1.81. The monoisotopic (exact) mass is 351 g/mol. The van der Waals surface area contributed by atoms with Crippen LogP contribution in [0.4, 0.5) is 5.69 Å². The molecule has 0 aliphatic carbocycles. The first-order chi connectivity index (χ1) is 12.2. The number of benzene rings is 3. The second-order valence-corrected chi connectivity index (χ2v) is 6.11. The lowest BCUT2D eigenvalue weighted by Gasteiger charge is -2.22. The van der Waals surface area contributed by atoms with Crippen LogP contribution in [0.3, 0.4) is 0 Å². The lowest BCUT2D eigenvalue weighted by Crippen LogP contribution is -2.32. The Hall–Kier alpha value is -2.62. The molecule has 3 nitrogen and oxygen atoms in total. The number of carbonyl (C=O) groups is 1. The predicted molar refractivity (Wildman–Crippen MR) is 102 cm³/mol. The molecule has 0 unspecified atom stereocenters. The minimum absolute atomic E-state index is 0.326. The zero-order valence-electron chi connectivity index (χ0n) is 13.6. The first-order valence-corrected chi connectivity index (χ1v) is 8.36. The predicted octanol–water partition coefficient (Wildman–Crippen LogP) is 4.53. The summed E-state index contributed by atoms with van der Waals surface area (Å²) in [4.78, 5) is 13.7. The molecule has 1 N–H and O–H groups in total. The van der Waals surface area contributed by atoms with Gasteiger partial charge in [-0.1, -0.05) is 66.2 Å². The summed E-state index contributed by atoms with van der Waals surface area (Å²) in [6.45, 7) is -0.109. The van der Waals surface area contributed by atoms with E-state index in [-0.39, 0.29) is 5.91 Å². The van der Waals surface area contributed by atoms with Crippen molar-refractivity contribution in [3.05, 3.63) is 89.4 Å². The van der Waals surface area contributed by atoms with Crippen molar-refractivity contribution in [3.8, 4) is 11.1 Å². The van der Waals surface area contributed by atoms with Crippen LogP contribution in [-0.4, -0.2) is 17.6 Å². The topological polar surface area (TPSA) is 40.5 Å².